The van der Waals surface area contributed by atoms with Gasteiger partial charge in [0.1, 0.15) is 0 Å². The number of aryl methyl sites for hydroxylation is 1. The summed E-state index contributed by atoms with van der Waals surface area (Å²) >= 11 is 0. The average molecular weight is 370 g/mol. The zero-order chi connectivity index (χ0) is 19.1. The van der Waals surface area contributed by atoms with E-state index < -0.39 is 16.0 Å². The molecule has 0 unspecified atom stereocenters. The highest BCUT2D eigenvalue weighted by molar-refractivity contribution is 7.89. The fourth-order valence-corrected chi connectivity index (χ4v) is 3.63. The summed E-state index contributed by atoms with van der Waals surface area (Å²) < 4.78 is 25.8. The van der Waals surface area contributed by atoms with Gasteiger partial charge in [-0.3, -0.25) is 0 Å². The lowest BCUT2D eigenvalue weighted by molar-refractivity contribution is 0.0699. The third-order valence-corrected chi connectivity index (χ3v) is 5.91. The Balaban J connectivity index is 2.28. The third kappa shape index (κ3) is 3.18. The first-order chi connectivity index (χ1) is 12.2. The molecule has 0 aliphatic carbocycles. The largest absolute Gasteiger partial charge is 0.478 e. The fraction of sp³-hybridized carbons (Fsp3) is 0.158. The fourth-order valence-electron chi connectivity index (χ4n) is 2.71. The van der Waals surface area contributed by atoms with Gasteiger partial charge in [-0.05, 0) is 37.3 Å². The van der Waals surface area contributed by atoms with Crippen LogP contribution >= 0.6 is 0 Å². The molecule has 1 aromatic heterocycles. The average Bonchev–Trinajstić information content (AvgIpc) is 2.59. The number of aromatic nitrogens is 1. The van der Waals surface area contributed by atoms with E-state index in [9.17, 15) is 18.3 Å². The van der Waals surface area contributed by atoms with E-state index in [1.807, 2.05) is 31.2 Å². The van der Waals surface area contributed by atoms with E-state index in [1.165, 1.54) is 38.4 Å². The summed E-state index contributed by atoms with van der Waals surface area (Å²) in [5.74, 6) is -1.13. The number of hydrogen-bond acceptors (Lipinski definition) is 4. The van der Waals surface area contributed by atoms with Crippen molar-refractivity contribution in [3.63, 3.8) is 0 Å². The first-order valence-corrected chi connectivity index (χ1v) is 9.32. The predicted octanol–water partition coefficient (Wildman–Crippen LogP) is 3.16. The number of benzene rings is 2. The maximum absolute atomic E-state index is 12.3. The Bertz CT molecular complexity index is 1120. The topological polar surface area (TPSA) is 87.6 Å². The number of pyridine rings is 1. The van der Waals surface area contributed by atoms with Crippen molar-refractivity contribution in [2.24, 2.45) is 0 Å². The van der Waals surface area contributed by atoms with Gasteiger partial charge in [-0.1, -0.05) is 23.8 Å². The highest BCUT2D eigenvalue weighted by Crippen LogP contribution is 2.28. The van der Waals surface area contributed by atoms with Gasteiger partial charge in [0.05, 0.1) is 21.7 Å². The van der Waals surface area contributed by atoms with E-state index in [0.717, 1.165) is 15.4 Å². The monoisotopic (exact) mass is 370 g/mol. The van der Waals surface area contributed by atoms with Crippen molar-refractivity contribution >= 4 is 26.9 Å². The van der Waals surface area contributed by atoms with Crippen molar-refractivity contribution in [2.45, 2.75) is 11.8 Å². The first-order valence-electron chi connectivity index (χ1n) is 7.88. The number of aromatic carboxylic acids is 1. The second-order valence-corrected chi connectivity index (χ2v) is 8.35. The number of sulfonamides is 1. The molecule has 0 spiro atoms. The van der Waals surface area contributed by atoms with Crippen LogP contribution in [0.1, 0.15) is 15.9 Å². The Kier molecular flexibility index (Phi) is 4.52. The lowest BCUT2D eigenvalue weighted by atomic mass is 10.0. The molecule has 0 aliphatic heterocycles. The Labute approximate surface area is 151 Å². The molecular formula is C19H18N2O4S. The molecule has 26 heavy (non-hydrogen) atoms. The summed E-state index contributed by atoms with van der Waals surface area (Å²) in [4.78, 5) is 16.3. The molecule has 7 heteroatoms. The van der Waals surface area contributed by atoms with Gasteiger partial charge in [-0.25, -0.2) is 22.5 Å². The van der Waals surface area contributed by atoms with Crippen molar-refractivity contribution < 1.29 is 18.3 Å². The SMILES string of the molecule is Cc1cccc(-c2cc(C(=O)O)c3cc(S(=O)(=O)N(C)C)ccc3n2)c1. The minimum atomic E-state index is -3.67. The number of fused-ring (bicyclic) bond motifs is 1. The number of hydrogen-bond donors (Lipinski definition) is 1. The summed E-state index contributed by atoms with van der Waals surface area (Å²) in [6.07, 6.45) is 0. The third-order valence-electron chi connectivity index (χ3n) is 4.10. The summed E-state index contributed by atoms with van der Waals surface area (Å²) in [6.45, 7) is 1.95. The standard InChI is InChI=1S/C19H18N2O4S/c1-12-5-4-6-13(9-12)18-11-16(19(22)23)15-10-14(7-8-17(15)20-18)26(24,25)21(2)3/h4-11H,1-3H3,(H,22,23). The van der Waals surface area contributed by atoms with Crippen LogP contribution in [0.25, 0.3) is 22.2 Å². The van der Waals surface area contributed by atoms with E-state index in [0.29, 0.717) is 11.2 Å². The van der Waals surface area contributed by atoms with Crippen molar-refractivity contribution in [3.05, 3.63) is 59.7 Å². The lowest BCUT2D eigenvalue weighted by Crippen LogP contribution is -2.22. The molecular weight excluding hydrogens is 352 g/mol. The maximum atomic E-state index is 12.3. The summed E-state index contributed by atoms with van der Waals surface area (Å²) in [6, 6.07) is 13.4. The zero-order valence-electron chi connectivity index (χ0n) is 14.6. The van der Waals surface area contributed by atoms with Crippen molar-refractivity contribution in [1.29, 1.82) is 0 Å². The molecule has 0 amide bonds. The van der Waals surface area contributed by atoms with Crippen LogP contribution in [-0.4, -0.2) is 42.9 Å². The van der Waals surface area contributed by atoms with Crippen LogP contribution in [0, 0.1) is 6.92 Å². The van der Waals surface area contributed by atoms with Gasteiger partial charge in [0.15, 0.2) is 0 Å². The summed E-state index contributed by atoms with van der Waals surface area (Å²) in [5.41, 5.74) is 2.82. The van der Waals surface area contributed by atoms with Gasteiger partial charge in [0.25, 0.3) is 0 Å². The number of nitrogens with zero attached hydrogens (tertiary/aromatic N) is 2. The first kappa shape index (κ1) is 18.0. The molecule has 0 saturated heterocycles. The van der Waals surface area contributed by atoms with Crippen LogP contribution in [-0.2, 0) is 10.0 Å². The number of carboxylic acid groups (broad SMARTS) is 1. The van der Waals surface area contributed by atoms with Crippen LogP contribution in [0.2, 0.25) is 0 Å². The van der Waals surface area contributed by atoms with Crippen LogP contribution < -0.4 is 0 Å². The molecule has 3 rings (SSSR count). The molecule has 2 aromatic carbocycles. The van der Waals surface area contributed by atoms with Crippen molar-refractivity contribution in [1.82, 2.24) is 9.29 Å². The minimum absolute atomic E-state index is 0.0160. The Morgan fingerprint density at radius 3 is 2.42 bits per heavy atom. The van der Waals surface area contributed by atoms with E-state index >= 15 is 0 Å². The van der Waals surface area contributed by atoms with Crippen LogP contribution in [0.4, 0.5) is 0 Å². The lowest BCUT2D eigenvalue weighted by Gasteiger charge is -2.13. The van der Waals surface area contributed by atoms with Crippen LogP contribution in [0.3, 0.4) is 0 Å². The summed E-state index contributed by atoms with van der Waals surface area (Å²) in [7, 11) is -0.811. The number of carbonyl (C=O) groups is 1. The molecule has 1 N–H and O–H groups in total. The van der Waals surface area contributed by atoms with Gasteiger partial charge in [0, 0.05) is 25.0 Å². The molecule has 0 atom stereocenters. The summed E-state index contributed by atoms with van der Waals surface area (Å²) in [5, 5.41) is 9.91. The second-order valence-electron chi connectivity index (χ2n) is 6.20. The maximum Gasteiger partial charge on any atom is 0.336 e. The smallest absolute Gasteiger partial charge is 0.336 e. The van der Waals surface area contributed by atoms with Gasteiger partial charge in [-0.2, -0.15) is 0 Å². The molecule has 0 aliphatic rings. The highest BCUT2D eigenvalue weighted by Gasteiger charge is 2.20. The van der Waals surface area contributed by atoms with Crippen LogP contribution in [0.15, 0.2) is 53.4 Å². The predicted molar refractivity (Wildman–Crippen MR) is 99.7 cm³/mol. The van der Waals surface area contributed by atoms with Crippen molar-refractivity contribution in [3.8, 4) is 11.3 Å². The molecule has 0 saturated carbocycles. The zero-order valence-corrected chi connectivity index (χ0v) is 15.4. The number of rotatable bonds is 4. The van der Waals surface area contributed by atoms with Gasteiger partial charge < -0.3 is 5.11 Å². The van der Waals surface area contributed by atoms with Crippen molar-refractivity contribution in [2.75, 3.05) is 14.1 Å². The van der Waals surface area contributed by atoms with Gasteiger partial charge in [0.2, 0.25) is 10.0 Å². The van der Waals surface area contributed by atoms with E-state index in [1.54, 1.807) is 0 Å². The normalized spacial score (nSPS) is 11.8. The van der Waals surface area contributed by atoms with E-state index in [2.05, 4.69) is 4.98 Å². The Hall–Kier alpha value is -2.77. The Morgan fingerprint density at radius 2 is 1.81 bits per heavy atom. The molecule has 1 heterocycles. The van der Waals surface area contributed by atoms with Crippen LogP contribution in [0.5, 0.6) is 0 Å². The van der Waals surface area contributed by atoms with Gasteiger partial charge in [-0.15, -0.1) is 0 Å². The molecule has 3 aromatic rings. The molecule has 134 valence electrons. The number of carboxylic acids is 1. The van der Waals surface area contributed by atoms with E-state index in [4.69, 9.17) is 0 Å². The Morgan fingerprint density at radius 1 is 1.08 bits per heavy atom. The van der Waals surface area contributed by atoms with E-state index in [-0.39, 0.29) is 15.8 Å². The highest BCUT2D eigenvalue weighted by atomic mass is 32.2. The molecule has 0 radical (unpaired) electrons. The van der Waals surface area contributed by atoms with Gasteiger partial charge >= 0.3 is 5.97 Å². The quantitative estimate of drug-likeness (QED) is 0.762. The minimum Gasteiger partial charge on any atom is -0.478 e. The molecule has 6 nitrogen and oxygen atoms in total. The molecule has 0 bridgehead atoms. The second kappa shape index (κ2) is 6.51. The molecule has 0 fully saturated rings.